The lowest BCUT2D eigenvalue weighted by Crippen LogP contribution is -2.18. The van der Waals surface area contributed by atoms with Crippen LogP contribution in [-0.4, -0.2) is 25.9 Å². The van der Waals surface area contributed by atoms with E-state index < -0.39 is 0 Å². The highest BCUT2D eigenvalue weighted by atomic mass is 32.2. The zero-order chi connectivity index (χ0) is 16.9. The maximum absolute atomic E-state index is 12.3. The number of ether oxygens (including phenoxy) is 2. The molecule has 1 heterocycles. The lowest BCUT2D eigenvalue weighted by molar-refractivity contribution is -0.136. The standard InChI is InChI=1S/C20H18O3S/c1-22-19(21)16-13-23-20(24-2)18(15-11-7-4-8-12-15)17(16)14-9-5-3-6-10-14/h3-12H,13H2,1-2H3. The van der Waals surface area contributed by atoms with Crippen molar-refractivity contribution in [1.29, 1.82) is 0 Å². The predicted molar refractivity (Wildman–Crippen MR) is 98.2 cm³/mol. The second kappa shape index (κ2) is 7.41. The Kier molecular flexibility index (Phi) is 5.06. The largest absolute Gasteiger partial charge is 0.482 e. The summed E-state index contributed by atoms with van der Waals surface area (Å²) in [6, 6.07) is 19.9. The number of rotatable bonds is 4. The summed E-state index contributed by atoms with van der Waals surface area (Å²) < 4.78 is 10.9. The average Bonchev–Trinajstić information content (AvgIpc) is 2.67. The minimum absolute atomic E-state index is 0.212. The van der Waals surface area contributed by atoms with Gasteiger partial charge in [-0.2, -0.15) is 0 Å². The molecule has 3 nitrogen and oxygen atoms in total. The molecule has 1 aliphatic heterocycles. The van der Waals surface area contributed by atoms with Crippen molar-refractivity contribution in [3.05, 3.63) is 82.5 Å². The molecule has 1 aliphatic rings. The van der Waals surface area contributed by atoms with Gasteiger partial charge in [-0.1, -0.05) is 72.4 Å². The van der Waals surface area contributed by atoms with Crippen LogP contribution in [0.15, 0.2) is 71.3 Å². The first kappa shape index (κ1) is 16.4. The maximum Gasteiger partial charge on any atom is 0.337 e. The van der Waals surface area contributed by atoms with E-state index in [1.54, 1.807) is 0 Å². The molecular formula is C20H18O3S. The fourth-order valence-electron chi connectivity index (χ4n) is 2.77. The van der Waals surface area contributed by atoms with Crippen molar-refractivity contribution in [2.24, 2.45) is 0 Å². The smallest absolute Gasteiger partial charge is 0.337 e. The average molecular weight is 338 g/mol. The summed E-state index contributed by atoms with van der Waals surface area (Å²) in [6.07, 6.45) is 1.98. The number of hydrogen-bond acceptors (Lipinski definition) is 4. The monoisotopic (exact) mass is 338 g/mol. The molecule has 0 amide bonds. The first-order valence-electron chi connectivity index (χ1n) is 7.60. The molecular weight excluding hydrogens is 320 g/mol. The minimum atomic E-state index is -0.359. The summed E-state index contributed by atoms with van der Waals surface area (Å²) in [5.41, 5.74) is 4.35. The first-order valence-corrected chi connectivity index (χ1v) is 8.82. The van der Waals surface area contributed by atoms with Crippen LogP contribution in [0.25, 0.3) is 11.1 Å². The highest BCUT2D eigenvalue weighted by Gasteiger charge is 2.29. The Morgan fingerprint density at radius 2 is 1.50 bits per heavy atom. The molecule has 0 aliphatic carbocycles. The summed E-state index contributed by atoms with van der Waals surface area (Å²) in [4.78, 5) is 12.3. The van der Waals surface area contributed by atoms with Gasteiger partial charge in [-0.25, -0.2) is 4.79 Å². The Balaban J connectivity index is 2.29. The molecule has 0 unspecified atom stereocenters. The van der Waals surface area contributed by atoms with E-state index in [2.05, 4.69) is 0 Å². The fraction of sp³-hybridized carbons (Fsp3) is 0.150. The maximum atomic E-state index is 12.3. The van der Waals surface area contributed by atoms with Crippen LogP contribution in [0, 0.1) is 0 Å². The number of allylic oxidation sites excluding steroid dienone is 2. The van der Waals surface area contributed by atoms with E-state index in [4.69, 9.17) is 9.47 Å². The summed E-state index contributed by atoms with van der Waals surface area (Å²) in [5, 5.41) is 0.813. The van der Waals surface area contributed by atoms with Crippen molar-refractivity contribution in [3.63, 3.8) is 0 Å². The Bertz CT molecular complexity index is 792. The predicted octanol–water partition coefficient (Wildman–Crippen LogP) is 4.38. The van der Waals surface area contributed by atoms with Gasteiger partial charge < -0.3 is 9.47 Å². The third kappa shape index (κ3) is 3.10. The van der Waals surface area contributed by atoms with Gasteiger partial charge in [-0.15, -0.1) is 0 Å². The SMILES string of the molecule is COC(=O)C1=C(c2ccccc2)C(c2ccccc2)=C(SC)OC1. The molecule has 122 valence electrons. The topological polar surface area (TPSA) is 35.5 Å². The van der Waals surface area contributed by atoms with E-state index in [0.29, 0.717) is 5.57 Å². The van der Waals surface area contributed by atoms with Gasteiger partial charge in [0, 0.05) is 11.1 Å². The second-order valence-corrected chi connectivity index (χ2v) is 6.01. The van der Waals surface area contributed by atoms with Crippen LogP contribution in [0.3, 0.4) is 0 Å². The summed E-state index contributed by atoms with van der Waals surface area (Å²) in [7, 11) is 1.40. The number of carbonyl (C=O) groups is 1. The van der Waals surface area contributed by atoms with Gasteiger partial charge in [-0.05, 0) is 17.4 Å². The van der Waals surface area contributed by atoms with Crippen molar-refractivity contribution in [2.75, 3.05) is 20.0 Å². The van der Waals surface area contributed by atoms with Crippen LogP contribution in [-0.2, 0) is 14.3 Å². The van der Waals surface area contributed by atoms with E-state index in [1.807, 2.05) is 66.9 Å². The second-order valence-electron chi connectivity index (χ2n) is 5.23. The summed E-state index contributed by atoms with van der Waals surface area (Å²) >= 11 is 1.54. The Hall–Kier alpha value is -2.46. The van der Waals surface area contributed by atoms with Gasteiger partial charge in [-0.3, -0.25) is 0 Å². The molecule has 0 radical (unpaired) electrons. The van der Waals surface area contributed by atoms with Crippen LogP contribution in [0.4, 0.5) is 0 Å². The molecule has 0 saturated carbocycles. The molecule has 3 rings (SSSR count). The molecule has 0 saturated heterocycles. The summed E-state index contributed by atoms with van der Waals surface area (Å²) in [6.45, 7) is 0.212. The molecule has 4 heteroatoms. The van der Waals surface area contributed by atoms with Gasteiger partial charge in [0.2, 0.25) is 0 Å². The van der Waals surface area contributed by atoms with E-state index in [1.165, 1.54) is 18.9 Å². The highest BCUT2D eigenvalue weighted by Crippen LogP contribution is 2.42. The van der Waals surface area contributed by atoms with Crippen LogP contribution in [0.2, 0.25) is 0 Å². The van der Waals surface area contributed by atoms with Crippen molar-refractivity contribution in [2.45, 2.75) is 0 Å². The number of methoxy groups -OCH3 is 1. The van der Waals surface area contributed by atoms with E-state index in [9.17, 15) is 4.79 Å². The Morgan fingerprint density at radius 3 is 2.00 bits per heavy atom. The van der Waals surface area contributed by atoms with Crippen LogP contribution in [0.1, 0.15) is 11.1 Å². The molecule has 24 heavy (non-hydrogen) atoms. The fourth-order valence-corrected chi connectivity index (χ4v) is 3.37. The molecule has 2 aromatic rings. The zero-order valence-electron chi connectivity index (χ0n) is 13.6. The van der Waals surface area contributed by atoms with E-state index in [0.717, 1.165) is 27.4 Å². The Morgan fingerprint density at radius 1 is 0.958 bits per heavy atom. The van der Waals surface area contributed by atoms with Gasteiger partial charge in [0.05, 0.1) is 12.7 Å². The number of thioether (sulfide) groups is 1. The molecule has 0 spiro atoms. The Labute approximate surface area is 146 Å². The number of hydrogen-bond donors (Lipinski definition) is 0. The van der Waals surface area contributed by atoms with Crippen molar-refractivity contribution in [3.8, 4) is 0 Å². The summed E-state index contributed by atoms with van der Waals surface area (Å²) in [5.74, 6) is -0.359. The van der Waals surface area contributed by atoms with Gasteiger partial charge >= 0.3 is 5.97 Å². The third-order valence-electron chi connectivity index (χ3n) is 3.85. The number of benzene rings is 2. The number of carbonyl (C=O) groups excluding carboxylic acids is 1. The van der Waals surface area contributed by atoms with Crippen LogP contribution in [0.5, 0.6) is 0 Å². The first-order chi connectivity index (χ1) is 11.8. The molecule has 0 atom stereocenters. The lowest BCUT2D eigenvalue weighted by Gasteiger charge is -2.25. The van der Waals surface area contributed by atoms with Crippen molar-refractivity contribution >= 4 is 28.9 Å². The van der Waals surface area contributed by atoms with Crippen molar-refractivity contribution in [1.82, 2.24) is 0 Å². The van der Waals surface area contributed by atoms with Gasteiger partial charge in [0.15, 0.2) is 5.09 Å². The van der Waals surface area contributed by atoms with E-state index in [-0.39, 0.29) is 12.6 Å². The van der Waals surface area contributed by atoms with Gasteiger partial charge in [0.1, 0.15) is 6.61 Å². The molecule has 0 N–H and O–H groups in total. The zero-order valence-corrected chi connectivity index (χ0v) is 14.4. The quantitative estimate of drug-likeness (QED) is 0.775. The number of esters is 1. The van der Waals surface area contributed by atoms with Crippen LogP contribution >= 0.6 is 11.8 Å². The molecule has 0 aromatic heterocycles. The molecule has 0 bridgehead atoms. The normalized spacial score (nSPS) is 14.4. The third-order valence-corrected chi connectivity index (χ3v) is 4.54. The lowest BCUT2D eigenvalue weighted by atomic mass is 9.88. The van der Waals surface area contributed by atoms with Crippen molar-refractivity contribution < 1.29 is 14.3 Å². The van der Waals surface area contributed by atoms with E-state index >= 15 is 0 Å². The highest BCUT2D eigenvalue weighted by molar-refractivity contribution is 8.02. The van der Waals surface area contributed by atoms with Crippen LogP contribution < -0.4 is 0 Å². The molecule has 2 aromatic carbocycles. The van der Waals surface area contributed by atoms with Gasteiger partial charge in [0.25, 0.3) is 0 Å². The minimum Gasteiger partial charge on any atom is -0.482 e. The molecule has 0 fully saturated rings.